The van der Waals surface area contributed by atoms with Gasteiger partial charge in [0.15, 0.2) is 0 Å². The van der Waals surface area contributed by atoms with Crippen molar-refractivity contribution in [2.75, 3.05) is 0 Å². The van der Waals surface area contributed by atoms with E-state index in [1.54, 1.807) is 0 Å². The number of benzene rings is 1. The van der Waals surface area contributed by atoms with Crippen LogP contribution in [0.4, 0.5) is 0 Å². The van der Waals surface area contributed by atoms with E-state index < -0.39 is 7.12 Å². The van der Waals surface area contributed by atoms with Crippen molar-refractivity contribution >= 4 is 12.6 Å². The highest BCUT2D eigenvalue weighted by Crippen LogP contribution is 2.24. The molecule has 0 aromatic heterocycles. The maximum Gasteiger partial charge on any atom is 0.488 e. The smallest absolute Gasteiger partial charge is 0.423 e. The Morgan fingerprint density at radius 1 is 1.06 bits per heavy atom. The molecule has 2 N–H and O–H groups in total. The second-order valence-corrected chi connectivity index (χ2v) is 5.67. The van der Waals surface area contributed by atoms with E-state index in [0.717, 1.165) is 11.1 Å². The van der Waals surface area contributed by atoms with Gasteiger partial charge in [-0.1, -0.05) is 52.8 Å². The van der Waals surface area contributed by atoms with E-state index in [9.17, 15) is 10.0 Å². The topological polar surface area (TPSA) is 40.5 Å². The van der Waals surface area contributed by atoms with Crippen molar-refractivity contribution in [1.29, 1.82) is 0 Å². The van der Waals surface area contributed by atoms with Crippen LogP contribution in [-0.4, -0.2) is 17.2 Å². The number of rotatable bonds is 2. The molecule has 0 aliphatic carbocycles. The number of hydrogen-bond donors (Lipinski definition) is 2. The summed E-state index contributed by atoms with van der Waals surface area (Å²) in [6.07, 6.45) is 0. The van der Waals surface area contributed by atoms with Gasteiger partial charge in [0.2, 0.25) is 0 Å². The molecule has 3 heteroatoms. The molecular formula is C13H21BO2. The zero-order valence-corrected chi connectivity index (χ0v) is 10.8. The average Bonchev–Trinajstić information content (AvgIpc) is 2.15. The average molecular weight is 220 g/mol. The monoisotopic (exact) mass is 220 g/mol. The van der Waals surface area contributed by atoms with Gasteiger partial charge in [-0.15, -0.1) is 0 Å². The largest absolute Gasteiger partial charge is 0.488 e. The molecule has 2 nitrogen and oxygen atoms in total. The first-order valence-corrected chi connectivity index (χ1v) is 5.73. The summed E-state index contributed by atoms with van der Waals surface area (Å²) in [6.45, 7) is 10.6. The van der Waals surface area contributed by atoms with Crippen LogP contribution < -0.4 is 5.46 Å². The fraction of sp³-hybridized carbons (Fsp3) is 0.538. The molecule has 1 aromatic rings. The fourth-order valence-electron chi connectivity index (χ4n) is 1.59. The molecule has 0 radical (unpaired) electrons. The molecule has 0 saturated carbocycles. The summed E-state index contributed by atoms with van der Waals surface area (Å²) in [5, 5.41) is 18.6. The van der Waals surface area contributed by atoms with Gasteiger partial charge in [0.25, 0.3) is 0 Å². The summed E-state index contributed by atoms with van der Waals surface area (Å²) >= 11 is 0. The Balaban J connectivity index is 3.30. The van der Waals surface area contributed by atoms with Crippen molar-refractivity contribution in [3.05, 3.63) is 29.3 Å². The molecule has 0 unspecified atom stereocenters. The molecule has 0 saturated heterocycles. The fourth-order valence-corrected chi connectivity index (χ4v) is 1.59. The van der Waals surface area contributed by atoms with Gasteiger partial charge in [-0.3, -0.25) is 0 Å². The predicted molar refractivity (Wildman–Crippen MR) is 69.1 cm³/mol. The quantitative estimate of drug-likeness (QED) is 0.746. The van der Waals surface area contributed by atoms with Gasteiger partial charge in [-0.05, 0) is 27.9 Å². The Hall–Kier alpha value is -0.795. The highest BCUT2D eigenvalue weighted by atomic mass is 16.4. The standard InChI is InChI=1S/C13H21BO2/c1-9(2)10-6-11(13(3,4)5)8-12(7-10)14(15)16/h6-9,15-16H,1-5H3. The van der Waals surface area contributed by atoms with Crippen LogP contribution in [0.3, 0.4) is 0 Å². The van der Waals surface area contributed by atoms with E-state index in [1.165, 1.54) is 0 Å². The molecule has 88 valence electrons. The van der Waals surface area contributed by atoms with Crippen molar-refractivity contribution in [2.24, 2.45) is 0 Å². The van der Waals surface area contributed by atoms with Crippen LogP contribution in [0.1, 0.15) is 51.7 Å². The van der Waals surface area contributed by atoms with Gasteiger partial charge < -0.3 is 10.0 Å². The molecule has 0 bridgehead atoms. The molecule has 0 spiro atoms. The highest BCUT2D eigenvalue weighted by molar-refractivity contribution is 6.58. The van der Waals surface area contributed by atoms with E-state index in [2.05, 4.69) is 40.7 Å². The first-order valence-electron chi connectivity index (χ1n) is 5.73. The third-order valence-corrected chi connectivity index (χ3v) is 2.81. The lowest BCUT2D eigenvalue weighted by Crippen LogP contribution is -2.32. The van der Waals surface area contributed by atoms with Crippen LogP contribution in [0.5, 0.6) is 0 Å². The van der Waals surface area contributed by atoms with Crippen LogP contribution in [-0.2, 0) is 5.41 Å². The van der Waals surface area contributed by atoms with E-state index in [4.69, 9.17) is 0 Å². The highest BCUT2D eigenvalue weighted by Gasteiger charge is 2.19. The minimum atomic E-state index is -1.39. The third-order valence-electron chi connectivity index (χ3n) is 2.81. The summed E-state index contributed by atoms with van der Waals surface area (Å²) in [4.78, 5) is 0. The van der Waals surface area contributed by atoms with Crippen LogP contribution in [0.25, 0.3) is 0 Å². The molecular weight excluding hydrogens is 199 g/mol. The summed E-state index contributed by atoms with van der Waals surface area (Å²) in [5.74, 6) is 0.389. The van der Waals surface area contributed by atoms with E-state index in [1.807, 2.05) is 12.1 Å². The first kappa shape index (κ1) is 13.3. The lowest BCUT2D eigenvalue weighted by atomic mass is 9.74. The Morgan fingerprint density at radius 3 is 2.00 bits per heavy atom. The lowest BCUT2D eigenvalue weighted by Gasteiger charge is -2.22. The van der Waals surface area contributed by atoms with Crippen molar-refractivity contribution in [2.45, 2.75) is 46.0 Å². The molecule has 1 aromatic carbocycles. The summed E-state index contributed by atoms with van der Waals surface area (Å²) in [5.41, 5.74) is 2.89. The lowest BCUT2D eigenvalue weighted by molar-refractivity contribution is 0.425. The molecule has 0 amide bonds. The summed E-state index contributed by atoms with van der Waals surface area (Å²) < 4.78 is 0. The van der Waals surface area contributed by atoms with Crippen LogP contribution >= 0.6 is 0 Å². The Bertz CT molecular complexity index is 338. The zero-order valence-electron chi connectivity index (χ0n) is 10.8. The molecule has 0 heterocycles. The Morgan fingerprint density at radius 2 is 1.62 bits per heavy atom. The van der Waals surface area contributed by atoms with Gasteiger partial charge >= 0.3 is 7.12 Å². The van der Waals surface area contributed by atoms with Crippen molar-refractivity contribution in [3.8, 4) is 0 Å². The van der Waals surface area contributed by atoms with Gasteiger partial charge in [-0.25, -0.2) is 0 Å². The summed E-state index contributed by atoms with van der Waals surface area (Å²) in [7, 11) is -1.39. The Labute approximate surface area is 98.5 Å². The maximum atomic E-state index is 9.28. The molecule has 0 atom stereocenters. The minimum absolute atomic E-state index is 0.0224. The SMILES string of the molecule is CC(C)c1cc(B(O)O)cc(C(C)(C)C)c1. The van der Waals surface area contributed by atoms with Crippen molar-refractivity contribution in [1.82, 2.24) is 0 Å². The predicted octanol–water partition coefficient (Wildman–Crippen LogP) is 1.79. The first-order chi connectivity index (χ1) is 7.21. The molecule has 16 heavy (non-hydrogen) atoms. The zero-order chi connectivity index (χ0) is 12.5. The van der Waals surface area contributed by atoms with Gasteiger partial charge in [0.05, 0.1) is 0 Å². The number of hydrogen-bond acceptors (Lipinski definition) is 2. The van der Waals surface area contributed by atoms with E-state index >= 15 is 0 Å². The maximum absolute atomic E-state index is 9.28. The van der Waals surface area contributed by atoms with Gasteiger partial charge in [-0.2, -0.15) is 0 Å². The van der Waals surface area contributed by atoms with Crippen molar-refractivity contribution < 1.29 is 10.0 Å². The molecule has 0 fully saturated rings. The second-order valence-electron chi connectivity index (χ2n) is 5.67. The van der Waals surface area contributed by atoms with E-state index in [0.29, 0.717) is 11.4 Å². The third kappa shape index (κ3) is 3.10. The Kier molecular flexibility index (Phi) is 3.82. The van der Waals surface area contributed by atoms with Crippen molar-refractivity contribution in [3.63, 3.8) is 0 Å². The van der Waals surface area contributed by atoms with Gasteiger partial charge in [0.1, 0.15) is 0 Å². The van der Waals surface area contributed by atoms with Crippen LogP contribution in [0, 0.1) is 0 Å². The molecule has 0 aliphatic rings. The van der Waals surface area contributed by atoms with Crippen LogP contribution in [0.2, 0.25) is 0 Å². The molecule has 1 rings (SSSR count). The van der Waals surface area contributed by atoms with E-state index in [-0.39, 0.29) is 5.41 Å². The van der Waals surface area contributed by atoms with Gasteiger partial charge in [0, 0.05) is 0 Å². The molecule has 0 aliphatic heterocycles. The normalized spacial score (nSPS) is 12.0. The van der Waals surface area contributed by atoms with Crippen LogP contribution in [0.15, 0.2) is 18.2 Å². The second kappa shape index (κ2) is 4.60. The summed E-state index contributed by atoms with van der Waals surface area (Å²) in [6, 6.07) is 5.89. The minimum Gasteiger partial charge on any atom is -0.423 e.